The maximum Gasteiger partial charge on any atom is 0.435 e. The summed E-state index contributed by atoms with van der Waals surface area (Å²) in [5, 5.41) is 9.46. The van der Waals surface area contributed by atoms with Crippen LogP contribution in [0.2, 0.25) is 0 Å². The summed E-state index contributed by atoms with van der Waals surface area (Å²) in [5.74, 6) is -0.790. The van der Waals surface area contributed by atoms with E-state index >= 15 is 0 Å². The van der Waals surface area contributed by atoms with E-state index in [0.29, 0.717) is 44.0 Å². The van der Waals surface area contributed by atoms with Crippen molar-refractivity contribution in [2.24, 2.45) is 11.5 Å². The second-order valence-corrected chi connectivity index (χ2v) is 8.67. The third kappa shape index (κ3) is 6.38. The van der Waals surface area contributed by atoms with E-state index in [2.05, 4.69) is 25.7 Å². The third-order valence-corrected chi connectivity index (χ3v) is 5.84. The van der Waals surface area contributed by atoms with Gasteiger partial charge in [-0.25, -0.2) is 9.97 Å². The Labute approximate surface area is 226 Å². The SMILES string of the molecule is CCc1cc(Nc2nccn3c(-c4cn(CC(N)=O)nc4C(F)(F)F)cnc23)ccc1C(=O)NCCOCCN. The molecule has 6 N–H and O–H groups in total. The summed E-state index contributed by atoms with van der Waals surface area (Å²) in [6, 6.07) is 5.17. The molecule has 2 amide bonds. The predicted octanol–water partition coefficient (Wildman–Crippen LogP) is 2.11. The van der Waals surface area contributed by atoms with E-state index in [-0.39, 0.29) is 28.6 Å². The third-order valence-electron chi connectivity index (χ3n) is 5.84. The number of primary amides is 1. The number of benzene rings is 1. The van der Waals surface area contributed by atoms with Crippen LogP contribution in [0.15, 0.2) is 43.0 Å². The molecule has 0 aliphatic carbocycles. The van der Waals surface area contributed by atoms with Crippen molar-refractivity contribution in [1.82, 2.24) is 29.5 Å². The highest BCUT2D eigenvalue weighted by Gasteiger charge is 2.38. The first-order valence-corrected chi connectivity index (χ1v) is 12.3. The van der Waals surface area contributed by atoms with E-state index in [1.165, 1.54) is 23.0 Å². The molecule has 12 nitrogen and oxygen atoms in total. The first-order valence-electron chi connectivity index (χ1n) is 12.3. The number of aromatic nitrogens is 5. The van der Waals surface area contributed by atoms with Crippen molar-refractivity contribution in [3.05, 3.63) is 59.8 Å². The van der Waals surface area contributed by atoms with Crippen LogP contribution in [0.5, 0.6) is 0 Å². The lowest BCUT2D eigenvalue weighted by Gasteiger charge is -2.13. The van der Waals surface area contributed by atoms with E-state index in [0.717, 1.165) is 16.4 Å². The minimum atomic E-state index is -4.78. The standard InChI is InChI=1S/C25H28F3N9O3/c1-2-15-11-16(3-4-17(15)24(39)32-7-10-40-9-5-29)34-22-23-33-12-19(37(23)8-6-31-22)18-13-36(14-20(30)38)35-21(18)25(26,27)28/h3-4,6,8,11-13H,2,5,7,9-10,14,29H2,1H3,(H2,30,38)(H,31,34)(H,32,39). The highest BCUT2D eigenvalue weighted by atomic mass is 19.4. The maximum atomic E-state index is 13.8. The van der Waals surface area contributed by atoms with Gasteiger partial charge in [-0.1, -0.05) is 6.92 Å². The van der Waals surface area contributed by atoms with Gasteiger partial charge in [0, 0.05) is 42.9 Å². The van der Waals surface area contributed by atoms with Gasteiger partial charge in [0.1, 0.15) is 6.54 Å². The Kier molecular flexibility index (Phi) is 8.64. The summed E-state index contributed by atoms with van der Waals surface area (Å²) >= 11 is 0. The van der Waals surface area contributed by atoms with Crippen LogP contribution < -0.4 is 22.1 Å². The van der Waals surface area contributed by atoms with Gasteiger partial charge < -0.3 is 26.8 Å². The van der Waals surface area contributed by atoms with Crippen LogP contribution in [0.3, 0.4) is 0 Å². The van der Waals surface area contributed by atoms with Crippen molar-refractivity contribution in [3.63, 3.8) is 0 Å². The molecule has 3 aromatic heterocycles. The average Bonchev–Trinajstić information content (AvgIpc) is 3.52. The highest BCUT2D eigenvalue weighted by molar-refractivity contribution is 5.96. The second kappa shape index (κ2) is 12.1. The number of alkyl halides is 3. The van der Waals surface area contributed by atoms with Gasteiger partial charge in [-0.05, 0) is 30.2 Å². The quantitative estimate of drug-likeness (QED) is 0.192. The van der Waals surface area contributed by atoms with E-state index < -0.39 is 24.3 Å². The number of imidazole rings is 1. The molecule has 3 heterocycles. The Morgan fingerprint density at radius 1 is 1.18 bits per heavy atom. The van der Waals surface area contributed by atoms with E-state index in [4.69, 9.17) is 16.2 Å². The zero-order valence-corrected chi connectivity index (χ0v) is 21.5. The summed E-state index contributed by atoms with van der Waals surface area (Å²) < 4.78 is 48.8. The number of carbonyl (C=O) groups excluding carboxylic acids is 2. The molecule has 0 fully saturated rings. The van der Waals surface area contributed by atoms with E-state index in [9.17, 15) is 22.8 Å². The van der Waals surface area contributed by atoms with Gasteiger partial charge in [0.2, 0.25) is 5.91 Å². The number of aryl methyl sites for hydroxylation is 1. The highest BCUT2D eigenvalue weighted by Crippen LogP contribution is 2.37. The zero-order chi connectivity index (χ0) is 28.9. The first kappa shape index (κ1) is 28.5. The van der Waals surface area contributed by atoms with Gasteiger partial charge in [-0.15, -0.1) is 0 Å². The summed E-state index contributed by atoms with van der Waals surface area (Å²) in [7, 11) is 0. The van der Waals surface area contributed by atoms with Crippen LogP contribution >= 0.6 is 0 Å². The molecule has 15 heteroatoms. The predicted molar refractivity (Wildman–Crippen MR) is 140 cm³/mol. The van der Waals surface area contributed by atoms with Crippen molar-refractivity contribution < 1.29 is 27.5 Å². The normalized spacial score (nSPS) is 11.6. The molecule has 4 rings (SSSR count). The Hall–Kier alpha value is -4.50. The van der Waals surface area contributed by atoms with Gasteiger partial charge in [-0.2, -0.15) is 18.3 Å². The summed E-state index contributed by atoms with van der Waals surface area (Å²) in [4.78, 5) is 32.5. The number of hydrogen-bond acceptors (Lipinski definition) is 8. The van der Waals surface area contributed by atoms with Gasteiger partial charge in [0.15, 0.2) is 17.2 Å². The number of rotatable bonds is 12. The molecule has 0 radical (unpaired) electrons. The number of nitrogens with zero attached hydrogens (tertiary/aromatic N) is 5. The Balaban J connectivity index is 1.61. The molecule has 0 atom stereocenters. The molecule has 0 unspecified atom stereocenters. The number of hydrogen-bond donors (Lipinski definition) is 4. The van der Waals surface area contributed by atoms with Gasteiger partial charge in [0.05, 0.1) is 30.7 Å². The van der Waals surface area contributed by atoms with Crippen LogP contribution in [-0.2, 0) is 28.7 Å². The van der Waals surface area contributed by atoms with Crippen molar-refractivity contribution >= 4 is 29.0 Å². The van der Waals surface area contributed by atoms with Gasteiger partial charge in [0.25, 0.3) is 5.91 Å². The number of carbonyl (C=O) groups is 2. The summed E-state index contributed by atoms with van der Waals surface area (Å²) in [6.45, 7) is 2.91. The minimum Gasteiger partial charge on any atom is -0.378 e. The van der Waals surface area contributed by atoms with Gasteiger partial charge >= 0.3 is 6.18 Å². The van der Waals surface area contributed by atoms with Crippen LogP contribution in [0.25, 0.3) is 16.9 Å². The molecule has 212 valence electrons. The molecule has 0 aliphatic heterocycles. The molecule has 0 saturated carbocycles. The Morgan fingerprint density at radius 3 is 2.67 bits per heavy atom. The summed E-state index contributed by atoms with van der Waals surface area (Å²) in [5.41, 5.74) is 11.3. The second-order valence-electron chi connectivity index (χ2n) is 8.67. The monoisotopic (exact) mass is 559 g/mol. The topological polar surface area (TPSA) is 167 Å². The number of ether oxygens (including phenoxy) is 1. The van der Waals surface area contributed by atoms with Crippen molar-refractivity contribution in [1.29, 1.82) is 0 Å². The molecule has 0 aliphatic rings. The Morgan fingerprint density at radius 2 is 1.98 bits per heavy atom. The fourth-order valence-corrected chi connectivity index (χ4v) is 4.11. The van der Waals surface area contributed by atoms with Crippen LogP contribution in [0, 0.1) is 0 Å². The molecular weight excluding hydrogens is 531 g/mol. The molecule has 4 aromatic rings. The maximum absolute atomic E-state index is 13.8. The van der Waals surface area contributed by atoms with E-state index in [1.54, 1.807) is 18.2 Å². The van der Waals surface area contributed by atoms with Crippen LogP contribution in [0.1, 0.15) is 28.5 Å². The fraction of sp³-hybridized carbons (Fsp3) is 0.320. The number of fused-ring (bicyclic) bond motifs is 1. The van der Waals surface area contributed by atoms with Crippen molar-refractivity contribution in [2.45, 2.75) is 26.1 Å². The molecule has 1 aromatic carbocycles. The smallest absolute Gasteiger partial charge is 0.378 e. The lowest BCUT2D eigenvalue weighted by molar-refractivity contribution is -0.141. The van der Waals surface area contributed by atoms with Gasteiger partial charge in [-0.3, -0.25) is 18.7 Å². The van der Waals surface area contributed by atoms with Crippen LogP contribution in [0.4, 0.5) is 24.7 Å². The number of nitrogens with two attached hydrogens (primary N) is 2. The average molecular weight is 560 g/mol. The number of nitrogens with one attached hydrogen (secondary N) is 2. The lowest BCUT2D eigenvalue weighted by Crippen LogP contribution is -2.28. The largest absolute Gasteiger partial charge is 0.435 e. The zero-order valence-electron chi connectivity index (χ0n) is 21.5. The number of halogens is 3. The van der Waals surface area contributed by atoms with Crippen molar-refractivity contribution in [3.8, 4) is 11.3 Å². The number of amides is 2. The number of anilines is 2. The molecular formula is C25H28F3N9O3. The van der Waals surface area contributed by atoms with Crippen molar-refractivity contribution in [2.75, 3.05) is 31.6 Å². The Bertz CT molecular complexity index is 1510. The van der Waals surface area contributed by atoms with Crippen LogP contribution in [-0.4, -0.2) is 62.3 Å². The fourth-order valence-electron chi connectivity index (χ4n) is 4.11. The lowest BCUT2D eigenvalue weighted by atomic mass is 10.0. The summed E-state index contributed by atoms with van der Waals surface area (Å²) in [6.07, 6.45) is 1.05. The first-order chi connectivity index (χ1) is 19.1. The minimum absolute atomic E-state index is 0.0974. The molecule has 0 bridgehead atoms. The molecule has 0 saturated heterocycles. The van der Waals surface area contributed by atoms with E-state index in [1.807, 2.05) is 6.92 Å². The molecule has 0 spiro atoms. The molecule has 40 heavy (non-hydrogen) atoms.